The number of hydrogen-bond donors (Lipinski definition) is 1. The summed E-state index contributed by atoms with van der Waals surface area (Å²) in [6.07, 6.45) is 2.62. The van der Waals surface area contributed by atoms with E-state index in [-0.39, 0.29) is 6.61 Å². The van der Waals surface area contributed by atoms with Gasteiger partial charge in [-0.25, -0.2) is 0 Å². The van der Waals surface area contributed by atoms with Crippen molar-refractivity contribution in [2.45, 2.75) is 33.1 Å². The molecule has 0 fully saturated rings. The van der Waals surface area contributed by atoms with Gasteiger partial charge in [0.05, 0.1) is 13.7 Å². The first kappa shape index (κ1) is 18.8. The van der Waals surface area contributed by atoms with E-state index in [4.69, 9.17) is 14.2 Å². The second kappa shape index (κ2) is 10.5. The van der Waals surface area contributed by atoms with E-state index in [0.29, 0.717) is 25.0 Å². The molecule has 1 aromatic rings. The van der Waals surface area contributed by atoms with E-state index in [1.165, 1.54) is 5.56 Å². The Kier molecular flexibility index (Phi) is 8.94. The zero-order chi connectivity index (χ0) is 16.4. The standard InChI is InChI=1S/C18H30O4/c1-14(2)16(8-9-19)12-15-6-7-17(21-4)18(13-15)22-11-5-10-20-3/h6-7,13-14,16,19H,5,8-12H2,1-4H3/t16-/m1/s1. The Labute approximate surface area is 134 Å². The molecular formula is C18H30O4. The lowest BCUT2D eigenvalue weighted by Gasteiger charge is -2.20. The maximum Gasteiger partial charge on any atom is 0.161 e. The van der Waals surface area contributed by atoms with E-state index >= 15 is 0 Å². The third-order valence-corrected chi connectivity index (χ3v) is 3.92. The first-order valence-corrected chi connectivity index (χ1v) is 8.01. The number of hydrogen-bond acceptors (Lipinski definition) is 4. The third kappa shape index (κ3) is 6.24. The van der Waals surface area contributed by atoms with Crippen molar-refractivity contribution in [2.75, 3.05) is 34.0 Å². The highest BCUT2D eigenvalue weighted by atomic mass is 16.5. The second-order valence-electron chi connectivity index (χ2n) is 5.90. The molecule has 1 rings (SSSR count). The number of methoxy groups -OCH3 is 2. The van der Waals surface area contributed by atoms with Gasteiger partial charge >= 0.3 is 0 Å². The molecule has 0 bridgehead atoms. The summed E-state index contributed by atoms with van der Waals surface area (Å²) in [6, 6.07) is 6.09. The zero-order valence-corrected chi connectivity index (χ0v) is 14.3. The van der Waals surface area contributed by atoms with Gasteiger partial charge in [-0.15, -0.1) is 0 Å². The molecule has 0 amide bonds. The van der Waals surface area contributed by atoms with Crippen LogP contribution in [-0.4, -0.2) is 39.1 Å². The normalized spacial score (nSPS) is 12.5. The molecular weight excluding hydrogens is 280 g/mol. The highest BCUT2D eigenvalue weighted by Gasteiger charge is 2.15. The Hall–Kier alpha value is -1.26. The Morgan fingerprint density at radius 1 is 1.09 bits per heavy atom. The summed E-state index contributed by atoms with van der Waals surface area (Å²) in [7, 11) is 3.34. The fourth-order valence-corrected chi connectivity index (χ4v) is 2.49. The van der Waals surface area contributed by atoms with Crippen molar-refractivity contribution in [1.82, 2.24) is 0 Å². The highest BCUT2D eigenvalue weighted by molar-refractivity contribution is 5.43. The van der Waals surface area contributed by atoms with Crippen LogP contribution in [0.5, 0.6) is 11.5 Å². The minimum absolute atomic E-state index is 0.235. The van der Waals surface area contributed by atoms with Crippen molar-refractivity contribution in [3.8, 4) is 11.5 Å². The first-order chi connectivity index (χ1) is 10.6. The van der Waals surface area contributed by atoms with Crippen LogP contribution in [0.2, 0.25) is 0 Å². The van der Waals surface area contributed by atoms with Gasteiger partial charge in [-0.1, -0.05) is 19.9 Å². The number of benzene rings is 1. The van der Waals surface area contributed by atoms with Crippen LogP contribution < -0.4 is 9.47 Å². The maximum atomic E-state index is 9.21. The van der Waals surface area contributed by atoms with Crippen molar-refractivity contribution in [3.05, 3.63) is 23.8 Å². The third-order valence-electron chi connectivity index (χ3n) is 3.92. The van der Waals surface area contributed by atoms with Gasteiger partial charge < -0.3 is 19.3 Å². The quantitative estimate of drug-likeness (QED) is 0.637. The van der Waals surface area contributed by atoms with Crippen LogP contribution in [0, 0.1) is 11.8 Å². The SMILES string of the molecule is COCCCOc1cc(C[C@@H](CCO)C(C)C)ccc1OC. The molecule has 0 aliphatic carbocycles. The van der Waals surface area contributed by atoms with Gasteiger partial charge in [-0.05, 0) is 42.4 Å². The topological polar surface area (TPSA) is 47.9 Å². The summed E-state index contributed by atoms with van der Waals surface area (Å²) < 4.78 is 16.2. The fourth-order valence-electron chi connectivity index (χ4n) is 2.49. The van der Waals surface area contributed by atoms with E-state index in [2.05, 4.69) is 26.0 Å². The Bertz CT molecular complexity index is 418. The molecule has 0 aliphatic heterocycles. The van der Waals surface area contributed by atoms with E-state index in [1.807, 2.05) is 6.07 Å². The number of ether oxygens (including phenoxy) is 3. The van der Waals surface area contributed by atoms with Gasteiger partial charge in [0.2, 0.25) is 0 Å². The van der Waals surface area contributed by atoms with Crippen molar-refractivity contribution in [2.24, 2.45) is 11.8 Å². The summed E-state index contributed by atoms with van der Waals surface area (Å²) in [6.45, 7) is 5.93. The van der Waals surface area contributed by atoms with Gasteiger partial charge in [-0.3, -0.25) is 0 Å². The van der Waals surface area contributed by atoms with E-state index in [9.17, 15) is 5.11 Å². The zero-order valence-electron chi connectivity index (χ0n) is 14.3. The largest absolute Gasteiger partial charge is 0.493 e. The van der Waals surface area contributed by atoms with Crippen molar-refractivity contribution in [1.29, 1.82) is 0 Å². The van der Waals surface area contributed by atoms with Crippen molar-refractivity contribution >= 4 is 0 Å². The number of aliphatic hydroxyl groups excluding tert-OH is 1. The van der Waals surface area contributed by atoms with Crippen LogP contribution >= 0.6 is 0 Å². The molecule has 0 spiro atoms. The molecule has 22 heavy (non-hydrogen) atoms. The summed E-state index contributed by atoms with van der Waals surface area (Å²) in [5.74, 6) is 2.55. The van der Waals surface area contributed by atoms with Gasteiger partial charge in [0.25, 0.3) is 0 Å². The Morgan fingerprint density at radius 3 is 2.45 bits per heavy atom. The molecule has 0 radical (unpaired) electrons. The molecule has 126 valence electrons. The van der Waals surface area contributed by atoms with E-state index in [1.54, 1.807) is 14.2 Å². The molecule has 0 aliphatic rings. The average Bonchev–Trinajstić information content (AvgIpc) is 2.51. The molecule has 1 N–H and O–H groups in total. The monoisotopic (exact) mass is 310 g/mol. The first-order valence-electron chi connectivity index (χ1n) is 8.01. The lowest BCUT2D eigenvalue weighted by Crippen LogP contribution is -2.14. The minimum Gasteiger partial charge on any atom is -0.493 e. The molecule has 1 aromatic carbocycles. The van der Waals surface area contributed by atoms with Gasteiger partial charge in [0.15, 0.2) is 11.5 Å². The summed E-state index contributed by atoms with van der Waals surface area (Å²) in [5, 5.41) is 9.21. The van der Waals surface area contributed by atoms with Crippen molar-refractivity contribution < 1.29 is 19.3 Å². The van der Waals surface area contributed by atoms with Crippen LogP contribution in [0.4, 0.5) is 0 Å². The molecule has 0 saturated carbocycles. The minimum atomic E-state index is 0.235. The molecule has 0 aromatic heterocycles. The average molecular weight is 310 g/mol. The molecule has 4 heteroatoms. The van der Waals surface area contributed by atoms with E-state index < -0.39 is 0 Å². The molecule has 0 saturated heterocycles. The smallest absolute Gasteiger partial charge is 0.161 e. The molecule has 4 nitrogen and oxygen atoms in total. The summed E-state index contributed by atoms with van der Waals surface area (Å²) in [4.78, 5) is 0. The number of aliphatic hydroxyl groups is 1. The Balaban J connectivity index is 2.75. The molecule has 0 unspecified atom stereocenters. The van der Waals surface area contributed by atoms with Gasteiger partial charge in [-0.2, -0.15) is 0 Å². The Morgan fingerprint density at radius 2 is 1.86 bits per heavy atom. The van der Waals surface area contributed by atoms with Crippen LogP contribution in [-0.2, 0) is 11.2 Å². The maximum absolute atomic E-state index is 9.21. The van der Waals surface area contributed by atoms with Crippen LogP contribution in [0.15, 0.2) is 18.2 Å². The summed E-state index contributed by atoms with van der Waals surface area (Å²) >= 11 is 0. The lowest BCUT2D eigenvalue weighted by molar-refractivity contribution is 0.170. The van der Waals surface area contributed by atoms with Crippen LogP contribution in [0.3, 0.4) is 0 Å². The van der Waals surface area contributed by atoms with Crippen LogP contribution in [0.25, 0.3) is 0 Å². The molecule has 1 atom stereocenters. The van der Waals surface area contributed by atoms with Gasteiger partial charge in [0, 0.05) is 26.7 Å². The van der Waals surface area contributed by atoms with E-state index in [0.717, 1.165) is 30.8 Å². The second-order valence-corrected chi connectivity index (χ2v) is 5.90. The summed E-state index contributed by atoms with van der Waals surface area (Å²) in [5.41, 5.74) is 1.22. The van der Waals surface area contributed by atoms with Crippen molar-refractivity contribution in [3.63, 3.8) is 0 Å². The lowest BCUT2D eigenvalue weighted by atomic mass is 9.87. The van der Waals surface area contributed by atoms with Gasteiger partial charge in [0.1, 0.15) is 0 Å². The van der Waals surface area contributed by atoms with Crippen LogP contribution in [0.1, 0.15) is 32.3 Å². The number of rotatable bonds is 11. The highest BCUT2D eigenvalue weighted by Crippen LogP contribution is 2.30. The fraction of sp³-hybridized carbons (Fsp3) is 0.667. The molecule has 0 heterocycles. The predicted octanol–water partition coefficient (Wildman–Crippen LogP) is 3.31. The predicted molar refractivity (Wildman–Crippen MR) is 88.7 cm³/mol.